The molecule has 3 rings (SSSR count). The zero-order chi connectivity index (χ0) is 14.7. The molecule has 1 unspecified atom stereocenters. The van der Waals surface area contributed by atoms with Crippen molar-refractivity contribution in [1.82, 2.24) is 5.43 Å². The Morgan fingerprint density at radius 2 is 1.81 bits per heavy atom. The smallest absolute Gasteiger partial charge is 0.126 e. The number of nitrogens with one attached hydrogen (secondary N) is 1. The van der Waals surface area contributed by atoms with Crippen molar-refractivity contribution in [3.05, 3.63) is 71.0 Å². The zero-order valence-corrected chi connectivity index (χ0v) is 12.1. The molecule has 2 nitrogen and oxygen atoms in total. The molecular weight excluding hydrogens is 263 g/mol. The van der Waals surface area contributed by atoms with Gasteiger partial charge in [-0.2, -0.15) is 0 Å². The highest BCUT2D eigenvalue weighted by atomic mass is 19.1. The van der Waals surface area contributed by atoms with Crippen LogP contribution in [0.3, 0.4) is 0 Å². The van der Waals surface area contributed by atoms with E-state index in [1.165, 1.54) is 30.9 Å². The third-order valence-electron chi connectivity index (χ3n) is 4.50. The normalized spacial score (nSPS) is 16.5. The Morgan fingerprint density at radius 1 is 1.10 bits per heavy atom. The Kier molecular flexibility index (Phi) is 4.32. The molecule has 1 fully saturated rings. The summed E-state index contributed by atoms with van der Waals surface area (Å²) in [7, 11) is 0. The molecule has 110 valence electrons. The number of nitrogens with two attached hydrogens (primary N) is 1. The van der Waals surface area contributed by atoms with E-state index in [0.29, 0.717) is 12.0 Å². The summed E-state index contributed by atoms with van der Waals surface area (Å²) in [5.41, 5.74) is 6.00. The van der Waals surface area contributed by atoms with Gasteiger partial charge in [-0.05, 0) is 47.9 Å². The first kappa shape index (κ1) is 14.2. The van der Waals surface area contributed by atoms with E-state index in [-0.39, 0.29) is 11.9 Å². The topological polar surface area (TPSA) is 38.0 Å². The van der Waals surface area contributed by atoms with Crippen molar-refractivity contribution in [3.63, 3.8) is 0 Å². The van der Waals surface area contributed by atoms with E-state index in [0.717, 1.165) is 11.5 Å². The van der Waals surface area contributed by atoms with Crippen molar-refractivity contribution in [2.75, 3.05) is 0 Å². The number of benzene rings is 2. The number of hydrogen-bond donors (Lipinski definition) is 2. The summed E-state index contributed by atoms with van der Waals surface area (Å²) < 4.78 is 13.8. The lowest BCUT2D eigenvalue weighted by molar-refractivity contribution is 0.419. The summed E-state index contributed by atoms with van der Waals surface area (Å²) in [5, 5.41) is 0. The lowest BCUT2D eigenvalue weighted by atomic mass is 9.79. The fourth-order valence-corrected chi connectivity index (χ4v) is 2.90. The van der Waals surface area contributed by atoms with Crippen LogP contribution in [0.4, 0.5) is 4.39 Å². The van der Waals surface area contributed by atoms with Gasteiger partial charge in [0, 0.05) is 0 Å². The van der Waals surface area contributed by atoms with Crippen LogP contribution in [0.2, 0.25) is 0 Å². The minimum absolute atomic E-state index is 0.0719. The van der Waals surface area contributed by atoms with Crippen LogP contribution in [-0.4, -0.2) is 0 Å². The van der Waals surface area contributed by atoms with Crippen LogP contribution in [0.25, 0.3) is 0 Å². The molecule has 0 radical (unpaired) electrons. The minimum Gasteiger partial charge on any atom is -0.271 e. The molecule has 2 aromatic carbocycles. The first-order valence-electron chi connectivity index (χ1n) is 7.57. The molecule has 3 heteroatoms. The van der Waals surface area contributed by atoms with Crippen molar-refractivity contribution < 1.29 is 4.39 Å². The van der Waals surface area contributed by atoms with E-state index < -0.39 is 0 Å². The third-order valence-corrected chi connectivity index (χ3v) is 4.50. The molecule has 0 aliphatic heterocycles. The van der Waals surface area contributed by atoms with E-state index in [4.69, 9.17) is 5.84 Å². The molecule has 0 heterocycles. The van der Waals surface area contributed by atoms with Gasteiger partial charge in [0.1, 0.15) is 5.82 Å². The first-order chi connectivity index (χ1) is 10.3. The Hall–Kier alpha value is -1.71. The van der Waals surface area contributed by atoms with Gasteiger partial charge in [-0.25, -0.2) is 4.39 Å². The predicted octanol–water partition coefficient (Wildman–Crippen LogP) is 3.84. The van der Waals surface area contributed by atoms with Crippen LogP contribution in [0, 0.1) is 5.82 Å². The summed E-state index contributed by atoms with van der Waals surface area (Å²) in [4.78, 5) is 0. The monoisotopic (exact) mass is 284 g/mol. The van der Waals surface area contributed by atoms with Gasteiger partial charge in [0.05, 0.1) is 6.04 Å². The summed E-state index contributed by atoms with van der Waals surface area (Å²) in [6, 6.07) is 15.4. The Balaban J connectivity index is 1.75. The molecule has 1 aliphatic rings. The van der Waals surface area contributed by atoms with Gasteiger partial charge in [0.25, 0.3) is 0 Å². The first-order valence-corrected chi connectivity index (χ1v) is 7.57. The Bertz CT molecular complexity index is 590. The van der Waals surface area contributed by atoms with Gasteiger partial charge in [0.2, 0.25) is 0 Å². The van der Waals surface area contributed by atoms with Crippen LogP contribution in [0.5, 0.6) is 0 Å². The summed E-state index contributed by atoms with van der Waals surface area (Å²) >= 11 is 0. The average molecular weight is 284 g/mol. The fourth-order valence-electron chi connectivity index (χ4n) is 2.90. The molecule has 0 bridgehead atoms. The van der Waals surface area contributed by atoms with Gasteiger partial charge < -0.3 is 0 Å². The SMILES string of the molecule is NNC(Cc1ccccc1F)c1ccc(C2CCC2)cc1. The maximum absolute atomic E-state index is 13.8. The molecule has 2 aromatic rings. The summed E-state index contributed by atoms with van der Waals surface area (Å²) in [6.45, 7) is 0. The standard InChI is InChI=1S/C18H21FN2/c19-17-7-2-1-4-16(17)12-18(21-20)15-10-8-14(9-11-15)13-5-3-6-13/h1-2,4,7-11,13,18,21H,3,5-6,12,20H2. The van der Waals surface area contributed by atoms with Crippen LogP contribution in [0.1, 0.15) is 47.9 Å². The molecule has 0 amide bonds. The molecule has 0 spiro atoms. The maximum atomic E-state index is 13.8. The molecule has 0 saturated heterocycles. The second-order valence-electron chi connectivity index (χ2n) is 5.81. The molecule has 1 atom stereocenters. The van der Waals surface area contributed by atoms with Gasteiger partial charge >= 0.3 is 0 Å². The number of rotatable bonds is 5. The van der Waals surface area contributed by atoms with E-state index in [9.17, 15) is 4.39 Å². The molecular formula is C18H21FN2. The quantitative estimate of drug-likeness (QED) is 0.646. The predicted molar refractivity (Wildman–Crippen MR) is 83.2 cm³/mol. The minimum atomic E-state index is -0.177. The highest BCUT2D eigenvalue weighted by Gasteiger charge is 2.20. The number of hydrazine groups is 1. The second-order valence-corrected chi connectivity index (χ2v) is 5.81. The van der Waals surface area contributed by atoms with E-state index in [2.05, 4.69) is 29.7 Å². The van der Waals surface area contributed by atoms with Crippen molar-refractivity contribution in [2.24, 2.45) is 5.84 Å². The van der Waals surface area contributed by atoms with Gasteiger partial charge in [0.15, 0.2) is 0 Å². The highest BCUT2D eigenvalue weighted by molar-refractivity contribution is 5.30. The van der Waals surface area contributed by atoms with Crippen LogP contribution < -0.4 is 11.3 Å². The molecule has 3 N–H and O–H groups in total. The van der Waals surface area contributed by atoms with Crippen molar-refractivity contribution in [3.8, 4) is 0 Å². The molecule has 0 aromatic heterocycles. The Labute approximate surface area is 125 Å². The average Bonchev–Trinajstić information content (AvgIpc) is 2.46. The largest absolute Gasteiger partial charge is 0.271 e. The molecule has 1 aliphatic carbocycles. The lowest BCUT2D eigenvalue weighted by Crippen LogP contribution is -2.29. The highest BCUT2D eigenvalue weighted by Crippen LogP contribution is 2.36. The number of hydrogen-bond acceptors (Lipinski definition) is 2. The molecule has 21 heavy (non-hydrogen) atoms. The maximum Gasteiger partial charge on any atom is 0.126 e. The van der Waals surface area contributed by atoms with Gasteiger partial charge in [-0.15, -0.1) is 0 Å². The third kappa shape index (κ3) is 3.14. The second kappa shape index (κ2) is 6.37. The van der Waals surface area contributed by atoms with Crippen molar-refractivity contribution >= 4 is 0 Å². The number of halogens is 1. The lowest BCUT2D eigenvalue weighted by Gasteiger charge is -2.26. The van der Waals surface area contributed by atoms with E-state index in [1.807, 2.05) is 12.1 Å². The van der Waals surface area contributed by atoms with Crippen LogP contribution in [0.15, 0.2) is 48.5 Å². The Morgan fingerprint density at radius 3 is 2.38 bits per heavy atom. The summed E-state index contributed by atoms with van der Waals surface area (Å²) in [6.07, 6.45) is 4.49. The van der Waals surface area contributed by atoms with E-state index >= 15 is 0 Å². The van der Waals surface area contributed by atoms with Crippen LogP contribution >= 0.6 is 0 Å². The van der Waals surface area contributed by atoms with Crippen molar-refractivity contribution in [1.29, 1.82) is 0 Å². The fraction of sp³-hybridized carbons (Fsp3) is 0.333. The van der Waals surface area contributed by atoms with Gasteiger partial charge in [-0.3, -0.25) is 11.3 Å². The summed E-state index contributed by atoms with van der Waals surface area (Å²) in [5.74, 6) is 6.22. The van der Waals surface area contributed by atoms with Crippen molar-refractivity contribution in [2.45, 2.75) is 37.6 Å². The molecule has 1 saturated carbocycles. The van der Waals surface area contributed by atoms with Gasteiger partial charge in [-0.1, -0.05) is 48.9 Å². The van der Waals surface area contributed by atoms with E-state index in [1.54, 1.807) is 6.07 Å². The zero-order valence-electron chi connectivity index (χ0n) is 12.1. The van der Waals surface area contributed by atoms with Crippen LogP contribution in [-0.2, 0) is 6.42 Å².